The number of esters is 1. The molecule has 8 heteroatoms. The first kappa shape index (κ1) is 18.3. The number of nitrogens with one attached hydrogen (secondary N) is 1. The number of hydrogen-bond donors (Lipinski definition) is 2. The molecule has 0 bridgehead atoms. The van der Waals surface area contributed by atoms with E-state index in [2.05, 4.69) is 4.72 Å². The van der Waals surface area contributed by atoms with Crippen molar-refractivity contribution < 1.29 is 23.1 Å². The van der Waals surface area contributed by atoms with Gasteiger partial charge in [-0.1, -0.05) is 6.92 Å². The third kappa shape index (κ3) is 4.91. The van der Waals surface area contributed by atoms with Crippen LogP contribution in [0, 0.1) is 5.92 Å². The third-order valence-corrected chi connectivity index (χ3v) is 5.71. The van der Waals surface area contributed by atoms with E-state index in [1.54, 1.807) is 13.8 Å². The molecule has 0 aromatic rings. The van der Waals surface area contributed by atoms with E-state index in [-0.39, 0.29) is 31.6 Å². The van der Waals surface area contributed by atoms with Crippen LogP contribution in [0.1, 0.15) is 40.0 Å². The lowest BCUT2D eigenvalue weighted by Gasteiger charge is -2.34. The highest BCUT2D eigenvalue weighted by molar-refractivity contribution is 7.87. The fourth-order valence-electron chi connectivity index (χ4n) is 2.18. The normalized spacial score (nSPS) is 21.0. The molecule has 1 fully saturated rings. The summed E-state index contributed by atoms with van der Waals surface area (Å²) in [6.45, 7) is 5.86. The van der Waals surface area contributed by atoms with Crippen LogP contribution in [0.4, 0.5) is 0 Å². The topological polar surface area (TPSA) is 95.9 Å². The lowest BCUT2D eigenvalue weighted by Crippen LogP contribution is -2.55. The van der Waals surface area contributed by atoms with E-state index in [4.69, 9.17) is 4.74 Å². The Labute approximate surface area is 126 Å². The van der Waals surface area contributed by atoms with Crippen molar-refractivity contribution in [2.24, 2.45) is 5.92 Å². The summed E-state index contributed by atoms with van der Waals surface area (Å²) >= 11 is 0. The second-order valence-corrected chi connectivity index (χ2v) is 7.28. The average Bonchev–Trinajstić information content (AvgIpc) is 2.47. The van der Waals surface area contributed by atoms with Gasteiger partial charge in [-0.2, -0.15) is 17.4 Å². The predicted octanol–water partition coefficient (Wildman–Crippen LogP) is 0.257. The van der Waals surface area contributed by atoms with Gasteiger partial charge in [0.05, 0.1) is 24.7 Å². The van der Waals surface area contributed by atoms with E-state index in [0.717, 1.165) is 0 Å². The molecule has 0 saturated carbocycles. The summed E-state index contributed by atoms with van der Waals surface area (Å²) in [5.74, 6) is -0.483. The molecule has 0 radical (unpaired) electrons. The first-order chi connectivity index (χ1) is 9.78. The zero-order valence-electron chi connectivity index (χ0n) is 13.0. The van der Waals surface area contributed by atoms with Crippen LogP contribution in [0.25, 0.3) is 0 Å². The maximum atomic E-state index is 12.3. The van der Waals surface area contributed by atoms with Crippen LogP contribution in [-0.4, -0.2) is 55.6 Å². The van der Waals surface area contributed by atoms with Crippen LogP contribution in [-0.2, 0) is 19.7 Å². The molecule has 21 heavy (non-hydrogen) atoms. The highest BCUT2D eigenvalue weighted by atomic mass is 32.2. The first-order valence-corrected chi connectivity index (χ1v) is 8.78. The van der Waals surface area contributed by atoms with Crippen molar-refractivity contribution in [3.63, 3.8) is 0 Å². The van der Waals surface area contributed by atoms with Crippen LogP contribution in [0.2, 0.25) is 0 Å². The summed E-state index contributed by atoms with van der Waals surface area (Å²) in [5.41, 5.74) is -0.864. The highest BCUT2D eigenvalue weighted by Gasteiger charge is 2.35. The van der Waals surface area contributed by atoms with Gasteiger partial charge in [-0.05, 0) is 33.1 Å². The Hall–Kier alpha value is -0.700. The quantitative estimate of drug-likeness (QED) is 0.655. The molecular formula is C13H26N2O5S. The summed E-state index contributed by atoms with van der Waals surface area (Å²) in [6.07, 6.45) is 1.41. The molecule has 0 aliphatic carbocycles. The van der Waals surface area contributed by atoms with E-state index in [1.165, 1.54) is 4.31 Å². The lowest BCUT2D eigenvalue weighted by molar-refractivity contribution is -0.149. The number of carbonyl (C=O) groups excluding carboxylic acids is 1. The maximum Gasteiger partial charge on any atom is 0.309 e. The smallest absolute Gasteiger partial charge is 0.309 e. The van der Waals surface area contributed by atoms with Crippen molar-refractivity contribution in [3.8, 4) is 0 Å². The highest BCUT2D eigenvalue weighted by Crippen LogP contribution is 2.21. The molecule has 1 heterocycles. The van der Waals surface area contributed by atoms with E-state index in [0.29, 0.717) is 25.9 Å². The number of nitrogens with zero attached hydrogens (tertiary/aromatic N) is 1. The monoisotopic (exact) mass is 322 g/mol. The number of aliphatic hydroxyl groups is 1. The summed E-state index contributed by atoms with van der Waals surface area (Å²) in [6, 6.07) is 0. The third-order valence-electron chi connectivity index (χ3n) is 3.92. The van der Waals surface area contributed by atoms with E-state index < -0.39 is 15.7 Å². The van der Waals surface area contributed by atoms with Crippen molar-refractivity contribution >= 4 is 16.2 Å². The van der Waals surface area contributed by atoms with Crippen LogP contribution in [0.3, 0.4) is 0 Å². The molecule has 124 valence electrons. The average molecular weight is 322 g/mol. The predicted molar refractivity (Wildman–Crippen MR) is 78.8 cm³/mol. The number of carbonyl (C=O) groups is 1. The van der Waals surface area contributed by atoms with Gasteiger partial charge in [0, 0.05) is 13.1 Å². The van der Waals surface area contributed by atoms with Crippen molar-refractivity contribution in [3.05, 3.63) is 0 Å². The van der Waals surface area contributed by atoms with Crippen molar-refractivity contribution in [2.75, 3.05) is 26.3 Å². The molecule has 0 aromatic carbocycles. The molecule has 1 saturated heterocycles. The fraction of sp³-hybridized carbons (Fsp3) is 0.923. The number of rotatable bonds is 7. The van der Waals surface area contributed by atoms with E-state index >= 15 is 0 Å². The fourth-order valence-corrected chi connectivity index (χ4v) is 3.84. The van der Waals surface area contributed by atoms with Gasteiger partial charge < -0.3 is 9.84 Å². The Balaban J connectivity index is 2.62. The molecule has 0 aromatic heterocycles. The minimum absolute atomic E-state index is 0.230. The molecule has 7 nitrogen and oxygen atoms in total. The van der Waals surface area contributed by atoms with E-state index in [1.807, 2.05) is 6.92 Å². The van der Waals surface area contributed by atoms with Gasteiger partial charge >= 0.3 is 5.97 Å². The van der Waals surface area contributed by atoms with Crippen LogP contribution in [0.15, 0.2) is 0 Å². The molecule has 1 atom stereocenters. The summed E-state index contributed by atoms with van der Waals surface area (Å²) in [7, 11) is -3.66. The van der Waals surface area contributed by atoms with Gasteiger partial charge in [0.25, 0.3) is 10.2 Å². The van der Waals surface area contributed by atoms with Crippen LogP contribution < -0.4 is 4.72 Å². The largest absolute Gasteiger partial charge is 0.466 e. The number of ether oxygens (including phenoxy) is 1. The minimum atomic E-state index is -3.66. The Morgan fingerprint density at radius 3 is 2.38 bits per heavy atom. The molecular weight excluding hydrogens is 296 g/mol. The van der Waals surface area contributed by atoms with Gasteiger partial charge in [-0.25, -0.2) is 0 Å². The van der Waals surface area contributed by atoms with Crippen LogP contribution >= 0.6 is 0 Å². The van der Waals surface area contributed by atoms with Gasteiger partial charge in [0.2, 0.25) is 0 Å². The minimum Gasteiger partial charge on any atom is -0.466 e. The Morgan fingerprint density at radius 1 is 1.38 bits per heavy atom. The number of aliphatic hydroxyl groups excluding tert-OH is 1. The molecule has 2 N–H and O–H groups in total. The van der Waals surface area contributed by atoms with Crippen molar-refractivity contribution in [1.29, 1.82) is 0 Å². The lowest BCUT2D eigenvalue weighted by atomic mass is 9.98. The van der Waals surface area contributed by atoms with Gasteiger partial charge in [0.15, 0.2) is 0 Å². The Bertz CT molecular complexity index is 439. The Kier molecular flexibility index (Phi) is 6.58. The summed E-state index contributed by atoms with van der Waals surface area (Å²) in [4.78, 5) is 11.6. The second kappa shape index (κ2) is 7.53. The summed E-state index contributed by atoms with van der Waals surface area (Å²) < 4.78 is 33.4. The molecule has 1 rings (SSSR count). The van der Waals surface area contributed by atoms with Gasteiger partial charge in [0.1, 0.15) is 0 Å². The first-order valence-electron chi connectivity index (χ1n) is 7.34. The zero-order chi connectivity index (χ0) is 16.1. The standard InChI is InChI=1S/C13H26N2O5S/c1-4-13(3,10-16)14-21(18,19)15-8-6-11(7-9-15)12(17)20-5-2/h11,14,16H,4-10H2,1-3H3. The van der Waals surface area contributed by atoms with Crippen molar-refractivity contribution in [1.82, 2.24) is 9.03 Å². The molecule has 1 unspecified atom stereocenters. The summed E-state index contributed by atoms with van der Waals surface area (Å²) in [5, 5.41) is 9.31. The molecule has 1 aliphatic rings. The van der Waals surface area contributed by atoms with Crippen LogP contribution in [0.5, 0.6) is 0 Å². The number of piperidine rings is 1. The van der Waals surface area contributed by atoms with Crippen molar-refractivity contribution in [2.45, 2.75) is 45.6 Å². The molecule has 1 aliphatic heterocycles. The SMILES string of the molecule is CCOC(=O)C1CCN(S(=O)(=O)NC(C)(CC)CO)CC1. The molecule has 0 amide bonds. The molecule has 0 spiro atoms. The van der Waals surface area contributed by atoms with Gasteiger partial charge in [-0.15, -0.1) is 0 Å². The van der Waals surface area contributed by atoms with Gasteiger partial charge in [-0.3, -0.25) is 4.79 Å². The number of hydrogen-bond acceptors (Lipinski definition) is 5. The zero-order valence-corrected chi connectivity index (χ0v) is 13.8. The Morgan fingerprint density at radius 2 is 1.95 bits per heavy atom. The maximum absolute atomic E-state index is 12.3. The second-order valence-electron chi connectivity index (χ2n) is 5.60. The van der Waals surface area contributed by atoms with E-state index in [9.17, 15) is 18.3 Å².